The lowest BCUT2D eigenvalue weighted by atomic mass is 9.72. The van der Waals surface area contributed by atoms with E-state index in [9.17, 15) is 9.59 Å². The van der Waals surface area contributed by atoms with Crippen molar-refractivity contribution in [1.29, 1.82) is 0 Å². The quantitative estimate of drug-likeness (QED) is 0.574. The molecule has 0 radical (unpaired) electrons. The summed E-state index contributed by atoms with van der Waals surface area (Å²) in [6.07, 6.45) is 3.19. The number of hydrogen-bond acceptors (Lipinski definition) is 7. The van der Waals surface area contributed by atoms with Crippen molar-refractivity contribution in [2.45, 2.75) is 30.8 Å². The van der Waals surface area contributed by atoms with Gasteiger partial charge >= 0.3 is 0 Å². The van der Waals surface area contributed by atoms with Crippen molar-refractivity contribution in [3.05, 3.63) is 51.5 Å². The van der Waals surface area contributed by atoms with Gasteiger partial charge in [-0.15, -0.1) is 0 Å². The summed E-state index contributed by atoms with van der Waals surface area (Å²) in [7, 11) is 3.14. The smallest absolute Gasteiger partial charge is 0.257 e. The average molecular weight is 413 g/mol. The van der Waals surface area contributed by atoms with Crippen molar-refractivity contribution < 1.29 is 14.3 Å². The first-order chi connectivity index (χ1) is 14.1. The molecule has 1 aliphatic carbocycles. The van der Waals surface area contributed by atoms with Gasteiger partial charge in [0.1, 0.15) is 11.6 Å². The van der Waals surface area contributed by atoms with Gasteiger partial charge in [0.05, 0.1) is 25.7 Å². The highest BCUT2D eigenvalue weighted by molar-refractivity contribution is 7.99. The molecule has 2 aromatic rings. The Labute approximate surface area is 172 Å². The lowest BCUT2D eigenvalue weighted by molar-refractivity contribution is -0.122. The van der Waals surface area contributed by atoms with Crippen molar-refractivity contribution in [3.8, 4) is 11.5 Å². The van der Waals surface area contributed by atoms with Crippen molar-refractivity contribution in [2.24, 2.45) is 5.92 Å². The minimum atomic E-state index is -0.443. The molecule has 0 bridgehead atoms. The predicted octanol–water partition coefficient (Wildman–Crippen LogP) is 3.32. The summed E-state index contributed by atoms with van der Waals surface area (Å²) < 4.78 is 10.8. The Kier molecular flexibility index (Phi) is 5.36. The topological polar surface area (TPSA) is 93.3 Å². The molecule has 2 atom stereocenters. The Hall–Kier alpha value is -2.74. The number of carbonyl (C=O) groups is 1. The first-order valence-electron chi connectivity index (χ1n) is 9.56. The SMILES string of the molecule is CCSc1nc2c(c(=O)[nH]1)[C@@H](c1ccc(OC)c(OC)c1)[C@@H]1C(=O)CCC=C1N2. The highest BCUT2D eigenvalue weighted by atomic mass is 32.2. The number of fused-ring (bicyclic) bond motifs is 2. The van der Waals surface area contributed by atoms with E-state index in [0.29, 0.717) is 40.9 Å². The Morgan fingerprint density at radius 3 is 2.69 bits per heavy atom. The van der Waals surface area contributed by atoms with Crippen LogP contribution in [0.3, 0.4) is 0 Å². The van der Waals surface area contributed by atoms with Crippen LogP contribution < -0.4 is 20.3 Å². The summed E-state index contributed by atoms with van der Waals surface area (Å²) in [5.74, 6) is 1.70. The molecule has 7 nitrogen and oxygen atoms in total. The molecule has 0 amide bonds. The van der Waals surface area contributed by atoms with Crippen molar-refractivity contribution in [3.63, 3.8) is 0 Å². The van der Waals surface area contributed by atoms with Gasteiger partial charge in [0.15, 0.2) is 16.7 Å². The van der Waals surface area contributed by atoms with E-state index in [2.05, 4.69) is 15.3 Å². The number of methoxy groups -OCH3 is 2. The summed E-state index contributed by atoms with van der Waals surface area (Å²) >= 11 is 1.47. The van der Waals surface area contributed by atoms with Gasteiger partial charge in [-0.2, -0.15) is 0 Å². The summed E-state index contributed by atoms with van der Waals surface area (Å²) in [5.41, 5.74) is 1.89. The van der Waals surface area contributed by atoms with Crippen LogP contribution in [0.25, 0.3) is 0 Å². The number of aromatic nitrogens is 2. The number of H-pyrrole nitrogens is 1. The zero-order valence-electron chi connectivity index (χ0n) is 16.6. The van der Waals surface area contributed by atoms with Gasteiger partial charge in [0.25, 0.3) is 5.56 Å². The van der Waals surface area contributed by atoms with Crippen LogP contribution in [-0.4, -0.2) is 35.7 Å². The monoisotopic (exact) mass is 413 g/mol. The lowest BCUT2D eigenvalue weighted by Crippen LogP contribution is -2.38. The molecule has 2 N–H and O–H groups in total. The number of rotatable bonds is 5. The number of allylic oxidation sites excluding steroid dienone is 2. The summed E-state index contributed by atoms with van der Waals surface area (Å²) in [6, 6.07) is 5.52. The predicted molar refractivity (Wildman–Crippen MR) is 112 cm³/mol. The Morgan fingerprint density at radius 2 is 1.97 bits per heavy atom. The summed E-state index contributed by atoms with van der Waals surface area (Å²) in [4.78, 5) is 33.5. The van der Waals surface area contributed by atoms with Crippen LogP contribution >= 0.6 is 11.8 Å². The minimum Gasteiger partial charge on any atom is -0.493 e. The maximum Gasteiger partial charge on any atom is 0.257 e. The number of nitrogens with one attached hydrogen (secondary N) is 2. The molecule has 8 heteroatoms. The van der Waals surface area contributed by atoms with E-state index in [1.54, 1.807) is 20.3 Å². The molecule has 0 saturated carbocycles. The molecule has 152 valence electrons. The fourth-order valence-corrected chi connectivity index (χ4v) is 4.67. The fourth-order valence-electron chi connectivity index (χ4n) is 4.08. The molecular formula is C21H23N3O4S. The third-order valence-electron chi connectivity index (χ3n) is 5.33. The molecule has 29 heavy (non-hydrogen) atoms. The third kappa shape index (κ3) is 3.42. The first-order valence-corrected chi connectivity index (χ1v) is 10.5. The van der Waals surface area contributed by atoms with Crippen molar-refractivity contribution >= 4 is 23.4 Å². The van der Waals surface area contributed by atoms with Gasteiger partial charge in [0, 0.05) is 18.0 Å². The number of nitrogens with zero attached hydrogens (tertiary/aromatic N) is 1. The van der Waals surface area contributed by atoms with E-state index in [1.807, 2.05) is 25.1 Å². The van der Waals surface area contributed by atoms with Crippen LogP contribution in [0, 0.1) is 5.92 Å². The van der Waals surface area contributed by atoms with Crippen LogP contribution in [0.4, 0.5) is 5.82 Å². The van der Waals surface area contributed by atoms with Gasteiger partial charge in [0.2, 0.25) is 0 Å². The molecule has 0 spiro atoms. The highest BCUT2D eigenvalue weighted by Crippen LogP contribution is 2.46. The van der Waals surface area contributed by atoms with Gasteiger partial charge in [-0.25, -0.2) is 4.98 Å². The fraction of sp³-hybridized carbons (Fsp3) is 0.381. The van der Waals surface area contributed by atoms with Crippen LogP contribution in [-0.2, 0) is 4.79 Å². The normalized spacial score (nSPS) is 20.2. The third-order valence-corrected chi connectivity index (χ3v) is 6.08. The molecule has 1 aromatic carbocycles. The first kappa shape index (κ1) is 19.6. The summed E-state index contributed by atoms with van der Waals surface area (Å²) in [5, 5.41) is 3.83. The standard InChI is InChI=1S/C21H23N3O4S/c1-4-29-21-23-19-18(20(26)24-21)16(17-12(22-19)6-5-7-13(17)25)11-8-9-14(27-2)15(10-11)28-3/h6,8-10,16-17H,4-5,7H2,1-3H3,(H2,22,23,24,26)/t16-,17-/m0/s1. The Morgan fingerprint density at radius 1 is 1.17 bits per heavy atom. The van der Waals surface area contributed by atoms with Gasteiger partial charge in [-0.3, -0.25) is 9.59 Å². The Bertz CT molecular complexity index is 1050. The largest absolute Gasteiger partial charge is 0.493 e. The number of ether oxygens (including phenoxy) is 2. The zero-order valence-corrected chi connectivity index (χ0v) is 17.4. The Balaban J connectivity index is 1.93. The molecule has 2 aliphatic rings. The second-order valence-corrected chi connectivity index (χ2v) is 8.18. The average Bonchev–Trinajstić information content (AvgIpc) is 2.72. The van der Waals surface area contributed by atoms with Crippen LogP contribution in [0.1, 0.15) is 36.8 Å². The molecular weight excluding hydrogens is 390 g/mol. The van der Waals surface area contributed by atoms with Crippen LogP contribution in [0.2, 0.25) is 0 Å². The van der Waals surface area contributed by atoms with E-state index < -0.39 is 11.8 Å². The maximum atomic E-state index is 13.1. The van der Waals surface area contributed by atoms with E-state index in [0.717, 1.165) is 17.0 Å². The van der Waals surface area contributed by atoms with Crippen LogP contribution in [0.5, 0.6) is 11.5 Å². The molecule has 4 rings (SSSR count). The van der Waals surface area contributed by atoms with Crippen LogP contribution in [0.15, 0.2) is 39.9 Å². The second-order valence-electron chi connectivity index (χ2n) is 6.93. The number of anilines is 1. The lowest BCUT2D eigenvalue weighted by Gasteiger charge is -2.36. The second kappa shape index (κ2) is 7.94. The highest BCUT2D eigenvalue weighted by Gasteiger charge is 2.42. The van der Waals surface area contributed by atoms with Gasteiger partial charge < -0.3 is 19.8 Å². The number of carbonyl (C=O) groups excluding carboxylic acids is 1. The van der Waals surface area contributed by atoms with E-state index in [1.165, 1.54) is 11.8 Å². The van der Waals surface area contributed by atoms with E-state index in [4.69, 9.17) is 9.47 Å². The number of Topliss-reactive ketones (excluding diaryl/α,β-unsaturated/α-hetero) is 1. The number of aromatic amines is 1. The number of hydrogen-bond donors (Lipinski definition) is 2. The number of benzene rings is 1. The molecule has 0 saturated heterocycles. The molecule has 2 heterocycles. The number of ketones is 1. The van der Waals surface area contributed by atoms with Gasteiger partial charge in [-0.05, 0) is 29.9 Å². The molecule has 0 unspecified atom stereocenters. The van der Waals surface area contributed by atoms with Crippen molar-refractivity contribution in [1.82, 2.24) is 9.97 Å². The van der Waals surface area contributed by atoms with Crippen molar-refractivity contribution in [2.75, 3.05) is 25.3 Å². The maximum absolute atomic E-state index is 13.1. The van der Waals surface area contributed by atoms with Gasteiger partial charge in [-0.1, -0.05) is 30.8 Å². The summed E-state index contributed by atoms with van der Waals surface area (Å²) in [6.45, 7) is 2.00. The number of thioether (sulfide) groups is 1. The van der Waals surface area contributed by atoms with E-state index in [-0.39, 0.29) is 11.3 Å². The van der Waals surface area contributed by atoms with E-state index >= 15 is 0 Å². The molecule has 1 aliphatic heterocycles. The zero-order chi connectivity index (χ0) is 20.5. The minimum absolute atomic E-state index is 0.117. The molecule has 1 aromatic heterocycles. The molecule has 0 fully saturated rings.